The van der Waals surface area contributed by atoms with Gasteiger partial charge in [-0.2, -0.15) is 9.40 Å². The van der Waals surface area contributed by atoms with Gasteiger partial charge in [0.1, 0.15) is 0 Å². The Labute approximate surface area is 194 Å². The van der Waals surface area contributed by atoms with E-state index in [1.165, 1.54) is 4.31 Å². The third-order valence-electron chi connectivity index (χ3n) is 6.71. The van der Waals surface area contributed by atoms with Crippen LogP contribution in [0, 0.1) is 5.92 Å². The largest absolute Gasteiger partial charge is 0.466 e. The molecule has 0 bridgehead atoms. The molecule has 0 unspecified atom stereocenters. The highest BCUT2D eigenvalue weighted by molar-refractivity contribution is 7.89. The molecule has 1 fully saturated rings. The number of aryl methyl sites for hydroxylation is 1. The van der Waals surface area contributed by atoms with E-state index in [-0.39, 0.29) is 35.4 Å². The maximum absolute atomic E-state index is 13.6. The lowest BCUT2D eigenvalue weighted by Crippen LogP contribution is -2.40. The van der Waals surface area contributed by atoms with Crippen LogP contribution >= 0.6 is 0 Å². The molecule has 2 heterocycles. The summed E-state index contributed by atoms with van der Waals surface area (Å²) >= 11 is 0. The van der Waals surface area contributed by atoms with Crippen molar-refractivity contribution in [3.05, 3.63) is 45.2 Å². The van der Waals surface area contributed by atoms with Gasteiger partial charge in [0.25, 0.3) is 5.56 Å². The standard InChI is InChI=1S/C24H31N3O5S/c1-3-16-9-10-18(22-19-7-5-6-8-20(19)23(28)26-25-22)15-21(16)33(30,31)27-13-11-17(12-14-27)24(29)32-4-2/h9-10,15,17H,3-8,11-14H2,1-2H3,(H,26,28). The Morgan fingerprint density at radius 1 is 1.15 bits per heavy atom. The Morgan fingerprint density at radius 3 is 2.52 bits per heavy atom. The minimum atomic E-state index is -3.74. The monoisotopic (exact) mass is 473 g/mol. The first-order chi connectivity index (χ1) is 15.9. The Kier molecular flexibility index (Phi) is 6.99. The molecule has 0 radical (unpaired) electrons. The zero-order valence-corrected chi connectivity index (χ0v) is 20.0. The van der Waals surface area contributed by atoms with Crippen molar-refractivity contribution < 1.29 is 17.9 Å². The van der Waals surface area contributed by atoms with Crippen LogP contribution in [0.25, 0.3) is 11.3 Å². The first-order valence-corrected chi connectivity index (χ1v) is 13.2. The molecule has 1 saturated heterocycles. The SMILES string of the molecule is CCOC(=O)C1CCN(S(=O)(=O)c2cc(-c3n[nH]c(=O)c4c3CCCC4)ccc2CC)CC1. The maximum Gasteiger partial charge on any atom is 0.309 e. The fourth-order valence-electron chi connectivity index (χ4n) is 4.86. The number of aromatic nitrogens is 2. The second-order valence-corrected chi connectivity index (χ2v) is 10.6. The van der Waals surface area contributed by atoms with Gasteiger partial charge in [0.2, 0.25) is 10.0 Å². The molecule has 4 rings (SSSR count). The van der Waals surface area contributed by atoms with Crippen molar-refractivity contribution in [1.82, 2.24) is 14.5 Å². The van der Waals surface area contributed by atoms with Gasteiger partial charge in [0.05, 0.1) is 23.1 Å². The average molecular weight is 474 g/mol. The Morgan fingerprint density at radius 2 is 1.85 bits per heavy atom. The number of carbonyl (C=O) groups excluding carboxylic acids is 1. The number of H-pyrrole nitrogens is 1. The molecule has 2 aromatic rings. The van der Waals surface area contributed by atoms with Crippen molar-refractivity contribution in [1.29, 1.82) is 0 Å². The van der Waals surface area contributed by atoms with Gasteiger partial charge in [-0.3, -0.25) is 9.59 Å². The molecule has 0 saturated carbocycles. The molecule has 1 aliphatic carbocycles. The molecule has 8 nitrogen and oxygen atoms in total. The van der Waals surface area contributed by atoms with Gasteiger partial charge in [-0.25, -0.2) is 13.5 Å². The summed E-state index contributed by atoms with van der Waals surface area (Å²) in [5, 5.41) is 6.90. The molecule has 33 heavy (non-hydrogen) atoms. The number of carbonyl (C=O) groups is 1. The second-order valence-electron chi connectivity index (χ2n) is 8.67. The number of sulfonamides is 1. The number of esters is 1. The summed E-state index contributed by atoms with van der Waals surface area (Å²) in [6.07, 6.45) is 4.91. The van der Waals surface area contributed by atoms with Gasteiger partial charge in [0, 0.05) is 24.2 Å². The highest BCUT2D eigenvalue weighted by atomic mass is 32.2. The minimum absolute atomic E-state index is 0.157. The number of nitrogens with zero attached hydrogens (tertiary/aromatic N) is 2. The van der Waals surface area contributed by atoms with Gasteiger partial charge < -0.3 is 4.74 Å². The van der Waals surface area contributed by atoms with Crippen LogP contribution in [0.4, 0.5) is 0 Å². The third-order valence-corrected chi connectivity index (χ3v) is 8.69. The highest BCUT2D eigenvalue weighted by Crippen LogP contribution is 2.32. The van der Waals surface area contributed by atoms with E-state index in [2.05, 4.69) is 10.2 Å². The summed E-state index contributed by atoms with van der Waals surface area (Å²) in [6.45, 7) is 4.59. The number of ether oxygens (including phenoxy) is 1. The second kappa shape index (κ2) is 9.77. The number of rotatable bonds is 6. The lowest BCUT2D eigenvalue weighted by atomic mass is 9.89. The number of piperidine rings is 1. The van der Waals surface area contributed by atoms with Crippen LogP contribution in [0.3, 0.4) is 0 Å². The van der Waals surface area contributed by atoms with Crippen molar-refractivity contribution in [3.8, 4) is 11.3 Å². The third kappa shape index (κ3) is 4.61. The predicted molar refractivity (Wildman–Crippen MR) is 124 cm³/mol. The normalized spacial score (nSPS) is 17.5. The summed E-state index contributed by atoms with van der Waals surface area (Å²) < 4.78 is 33.8. The molecule has 0 amide bonds. The maximum atomic E-state index is 13.6. The predicted octanol–water partition coefficient (Wildman–Crippen LogP) is 2.84. The number of benzene rings is 1. The van der Waals surface area contributed by atoms with Gasteiger partial charge in [-0.05, 0) is 69.1 Å². The fraction of sp³-hybridized carbons (Fsp3) is 0.542. The van der Waals surface area contributed by atoms with Crippen molar-refractivity contribution in [2.75, 3.05) is 19.7 Å². The van der Waals surface area contributed by atoms with E-state index in [4.69, 9.17) is 4.74 Å². The van der Waals surface area contributed by atoms with E-state index < -0.39 is 10.0 Å². The van der Waals surface area contributed by atoms with E-state index >= 15 is 0 Å². The van der Waals surface area contributed by atoms with Gasteiger partial charge in [-0.1, -0.05) is 19.1 Å². The first-order valence-electron chi connectivity index (χ1n) is 11.8. The summed E-state index contributed by atoms with van der Waals surface area (Å²) in [6, 6.07) is 5.43. The van der Waals surface area contributed by atoms with E-state index in [1.807, 2.05) is 19.1 Å². The van der Waals surface area contributed by atoms with Crippen molar-refractivity contribution >= 4 is 16.0 Å². The lowest BCUT2D eigenvalue weighted by molar-refractivity contribution is -0.149. The van der Waals surface area contributed by atoms with Crippen LogP contribution < -0.4 is 5.56 Å². The molecule has 178 valence electrons. The van der Waals surface area contributed by atoms with E-state index in [9.17, 15) is 18.0 Å². The van der Waals surface area contributed by atoms with Crippen LogP contribution in [-0.4, -0.2) is 48.6 Å². The number of hydrogen-bond donors (Lipinski definition) is 1. The zero-order valence-electron chi connectivity index (χ0n) is 19.2. The molecule has 1 N–H and O–H groups in total. The van der Waals surface area contributed by atoms with Crippen molar-refractivity contribution in [3.63, 3.8) is 0 Å². The van der Waals surface area contributed by atoms with E-state index in [0.29, 0.717) is 43.5 Å². The van der Waals surface area contributed by atoms with Crippen LogP contribution in [0.15, 0.2) is 27.9 Å². The Hall–Kier alpha value is -2.52. The van der Waals surface area contributed by atoms with Gasteiger partial charge in [-0.15, -0.1) is 0 Å². The zero-order chi connectivity index (χ0) is 23.6. The number of aromatic amines is 1. The highest BCUT2D eigenvalue weighted by Gasteiger charge is 2.34. The van der Waals surface area contributed by atoms with E-state index in [0.717, 1.165) is 36.0 Å². The van der Waals surface area contributed by atoms with Crippen molar-refractivity contribution in [2.24, 2.45) is 5.92 Å². The minimum Gasteiger partial charge on any atom is -0.466 e. The Bertz CT molecular complexity index is 1200. The number of nitrogens with one attached hydrogen (secondary N) is 1. The fourth-order valence-corrected chi connectivity index (χ4v) is 6.65. The lowest BCUT2D eigenvalue weighted by Gasteiger charge is -2.30. The smallest absolute Gasteiger partial charge is 0.309 e. The Balaban J connectivity index is 1.67. The van der Waals surface area contributed by atoms with Crippen molar-refractivity contribution in [2.45, 2.75) is 63.7 Å². The van der Waals surface area contributed by atoms with Crippen LogP contribution in [0.1, 0.15) is 56.2 Å². The molecule has 1 aromatic carbocycles. The molecular weight excluding hydrogens is 442 g/mol. The summed E-state index contributed by atoms with van der Waals surface area (Å²) in [7, 11) is -3.74. The van der Waals surface area contributed by atoms with Crippen LogP contribution in [-0.2, 0) is 38.8 Å². The quantitative estimate of drug-likeness (QED) is 0.646. The van der Waals surface area contributed by atoms with Gasteiger partial charge >= 0.3 is 5.97 Å². The van der Waals surface area contributed by atoms with Crippen LogP contribution in [0.5, 0.6) is 0 Å². The van der Waals surface area contributed by atoms with Gasteiger partial charge in [0.15, 0.2) is 0 Å². The summed E-state index contributed by atoms with van der Waals surface area (Å²) in [4.78, 5) is 24.6. The van der Waals surface area contributed by atoms with E-state index in [1.54, 1.807) is 13.0 Å². The molecule has 0 spiro atoms. The van der Waals surface area contributed by atoms with Crippen LogP contribution in [0.2, 0.25) is 0 Å². The molecule has 1 aromatic heterocycles. The molecular formula is C24H31N3O5S. The topological polar surface area (TPSA) is 109 Å². The molecule has 9 heteroatoms. The number of hydrogen-bond acceptors (Lipinski definition) is 6. The molecule has 2 aliphatic rings. The average Bonchev–Trinajstić information content (AvgIpc) is 2.84. The summed E-state index contributed by atoms with van der Waals surface area (Å²) in [5.41, 5.74) is 3.62. The first kappa shape index (κ1) is 23.6. The summed E-state index contributed by atoms with van der Waals surface area (Å²) in [5.74, 6) is -0.509. The molecule has 1 aliphatic heterocycles. The number of fused-ring (bicyclic) bond motifs is 1. The molecule has 0 atom stereocenters.